The molecule has 0 radical (unpaired) electrons. The number of benzene rings is 4. The van der Waals surface area contributed by atoms with Gasteiger partial charge in [-0.3, -0.25) is 0 Å². The smallest absolute Gasteiger partial charge is 0.422 e. The maximum Gasteiger partial charge on any atom is 0.422 e. The van der Waals surface area contributed by atoms with Gasteiger partial charge < -0.3 is 28.8 Å². The highest BCUT2D eigenvalue weighted by atomic mass is 35.5. The number of aliphatic hydroxyl groups is 1. The summed E-state index contributed by atoms with van der Waals surface area (Å²) in [6.07, 6.45) is -5.30. The van der Waals surface area contributed by atoms with Crippen molar-refractivity contribution in [3.8, 4) is 5.75 Å². The Kier molecular flexibility index (Phi) is 9.94. The maximum atomic E-state index is 12.6. The number of fused-ring (bicyclic) bond motifs is 2. The SMILES string of the molecule is C[C@H]1[C@H](OCc2ccccc2)[C@@H](OCc2ccccc2)[C@@]2(c3ccc(Cl)c(Cc4ccc(OCC(F)(F)F)cc4)c3)OC[C@]1(CO)O2. The van der Waals surface area contributed by atoms with Gasteiger partial charge in [0.2, 0.25) is 5.79 Å². The number of rotatable bonds is 12. The van der Waals surface area contributed by atoms with Crippen LogP contribution in [-0.2, 0) is 44.4 Å². The van der Waals surface area contributed by atoms with E-state index in [1.54, 1.807) is 18.2 Å². The Labute approximate surface area is 276 Å². The third-order valence-corrected chi connectivity index (χ3v) is 9.24. The molecular weight excluding hydrogens is 633 g/mol. The van der Waals surface area contributed by atoms with Crippen molar-refractivity contribution in [2.45, 2.75) is 56.3 Å². The van der Waals surface area contributed by atoms with Crippen molar-refractivity contribution in [2.24, 2.45) is 5.92 Å². The number of aliphatic hydroxyl groups excluding tert-OH is 1. The molecule has 1 N–H and O–H groups in total. The van der Waals surface area contributed by atoms with Crippen LogP contribution in [0.25, 0.3) is 0 Å². The molecule has 2 aliphatic heterocycles. The molecule has 6 rings (SSSR count). The van der Waals surface area contributed by atoms with E-state index in [-0.39, 0.29) is 31.5 Å². The normalized spacial score (nSPS) is 25.5. The molecule has 47 heavy (non-hydrogen) atoms. The molecule has 2 bridgehead atoms. The van der Waals surface area contributed by atoms with E-state index in [1.807, 2.05) is 79.7 Å². The molecule has 0 unspecified atom stereocenters. The molecule has 2 fully saturated rings. The Morgan fingerprint density at radius 3 is 2.11 bits per heavy atom. The van der Waals surface area contributed by atoms with Gasteiger partial charge in [0.15, 0.2) is 6.61 Å². The van der Waals surface area contributed by atoms with Crippen molar-refractivity contribution in [3.63, 3.8) is 0 Å². The lowest BCUT2D eigenvalue weighted by Crippen LogP contribution is -2.63. The van der Waals surface area contributed by atoms with Gasteiger partial charge in [-0.25, -0.2) is 0 Å². The van der Waals surface area contributed by atoms with Crippen LogP contribution in [0.5, 0.6) is 5.75 Å². The molecule has 0 saturated carbocycles. The Morgan fingerprint density at radius 2 is 1.49 bits per heavy atom. The zero-order valence-corrected chi connectivity index (χ0v) is 26.5. The molecule has 0 aliphatic carbocycles. The largest absolute Gasteiger partial charge is 0.484 e. The predicted octanol–water partition coefficient (Wildman–Crippen LogP) is 7.62. The minimum Gasteiger partial charge on any atom is -0.484 e. The molecular formula is C37H36ClF3O6. The summed E-state index contributed by atoms with van der Waals surface area (Å²) < 4.78 is 69.3. The molecule has 248 valence electrons. The molecule has 0 amide bonds. The zero-order chi connectivity index (χ0) is 33.1. The van der Waals surface area contributed by atoms with E-state index in [9.17, 15) is 18.3 Å². The van der Waals surface area contributed by atoms with Gasteiger partial charge in [0.05, 0.1) is 32.5 Å². The molecule has 5 atom stereocenters. The monoisotopic (exact) mass is 668 g/mol. The second-order valence-corrected chi connectivity index (χ2v) is 12.5. The highest BCUT2D eigenvalue weighted by molar-refractivity contribution is 6.31. The summed E-state index contributed by atoms with van der Waals surface area (Å²) in [4.78, 5) is 0. The molecule has 2 saturated heterocycles. The average Bonchev–Trinajstić information content (AvgIpc) is 3.45. The van der Waals surface area contributed by atoms with Crippen LogP contribution in [0.1, 0.15) is 34.7 Å². The van der Waals surface area contributed by atoms with Crippen molar-refractivity contribution < 1.29 is 42.0 Å². The lowest BCUT2D eigenvalue weighted by atomic mass is 9.78. The fourth-order valence-electron chi connectivity index (χ4n) is 6.24. The third kappa shape index (κ3) is 7.36. The average molecular weight is 669 g/mol. The van der Waals surface area contributed by atoms with Gasteiger partial charge in [0.1, 0.15) is 17.5 Å². The lowest BCUT2D eigenvalue weighted by molar-refractivity contribution is -0.336. The van der Waals surface area contributed by atoms with Crippen LogP contribution in [0.2, 0.25) is 5.02 Å². The van der Waals surface area contributed by atoms with Crippen molar-refractivity contribution in [2.75, 3.05) is 19.8 Å². The summed E-state index contributed by atoms with van der Waals surface area (Å²) >= 11 is 6.69. The Balaban J connectivity index is 1.33. The van der Waals surface area contributed by atoms with Crippen LogP contribution in [0, 0.1) is 5.92 Å². The van der Waals surface area contributed by atoms with E-state index >= 15 is 0 Å². The third-order valence-electron chi connectivity index (χ3n) is 8.88. The Morgan fingerprint density at radius 1 is 0.851 bits per heavy atom. The van der Waals surface area contributed by atoms with E-state index in [0.717, 1.165) is 22.3 Å². The fourth-order valence-corrected chi connectivity index (χ4v) is 6.42. The standard InChI is InChI=1S/C37H36ClF3O6/c1-25-33(43-20-27-8-4-2-5-9-27)34(44-21-28-10-6-3-7-11-28)37(46-23-35(25,22-42)47-37)30-14-17-32(38)29(19-30)18-26-12-15-31(16-13-26)45-24-36(39,40)41/h2-17,19,25,33-34,42H,18,20-24H2,1H3/t25-,33-,34+,35-,37-/m0/s1. The quantitative estimate of drug-likeness (QED) is 0.168. The second-order valence-electron chi connectivity index (χ2n) is 12.1. The molecule has 6 nitrogen and oxygen atoms in total. The van der Waals surface area contributed by atoms with Gasteiger partial charge in [0, 0.05) is 16.5 Å². The minimum atomic E-state index is -4.42. The molecule has 10 heteroatoms. The summed E-state index contributed by atoms with van der Waals surface area (Å²) in [6.45, 7) is 1.06. The fraction of sp³-hybridized carbons (Fsp3) is 0.351. The van der Waals surface area contributed by atoms with Crippen LogP contribution < -0.4 is 4.74 Å². The summed E-state index contributed by atoms with van der Waals surface area (Å²) in [5.74, 6) is -1.60. The van der Waals surface area contributed by atoms with Gasteiger partial charge in [-0.05, 0) is 52.9 Å². The van der Waals surface area contributed by atoms with Crippen LogP contribution >= 0.6 is 11.6 Å². The molecule has 0 aromatic heterocycles. The summed E-state index contributed by atoms with van der Waals surface area (Å²) in [5.41, 5.74) is 3.14. The maximum absolute atomic E-state index is 12.6. The van der Waals surface area contributed by atoms with Crippen LogP contribution in [0.15, 0.2) is 103 Å². The molecule has 4 aromatic carbocycles. The number of hydrogen-bond donors (Lipinski definition) is 1. The van der Waals surface area contributed by atoms with Crippen molar-refractivity contribution >= 4 is 11.6 Å². The first-order valence-electron chi connectivity index (χ1n) is 15.4. The summed E-state index contributed by atoms with van der Waals surface area (Å²) in [6, 6.07) is 31.5. The van der Waals surface area contributed by atoms with E-state index in [4.69, 9.17) is 35.3 Å². The first-order valence-corrected chi connectivity index (χ1v) is 15.8. The highest BCUT2D eigenvalue weighted by Crippen LogP contribution is 2.54. The highest BCUT2D eigenvalue weighted by Gasteiger charge is 2.67. The van der Waals surface area contributed by atoms with Crippen LogP contribution in [0.4, 0.5) is 13.2 Å². The number of hydrogen-bond acceptors (Lipinski definition) is 6. The second kappa shape index (κ2) is 14.0. The summed E-state index contributed by atoms with van der Waals surface area (Å²) in [5, 5.41) is 11.2. The van der Waals surface area contributed by atoms with E-state index in [0.29, 0.717) is 23.6 Å². The zero-order valence-electron chi connectivity index (χ0n) is 25.8. The molecule has 2 heterocycles. The van der Waals surface area contributed by atoms with E-state index in [2.05, 4.69) is 0 Å². The van der Waals surface area contributed by atoms with Crippen molar-refractivity contribution in [1.29, 1.82) is 0 Å². The Bertz CT molecular complexity index is 1620. The topological polar surface area (TPSA) is 66.4 Å². The predicted molar refractivity (Wildman–Crippen MR) is 170 cm³/mol. The van der Waals surface area contributed by atoms with Crippen LogP contribution in [0.3, 0.4) is 0 Å². The summed E-state index contributed by atoms with van der Waals surface area (Å²) in [7, 11) is 0. The number of ether oxygens (including phenoxy) is 5. The minimum absolute atomic E-state index is 0.120. The van der Waals surface area contributed by atoms with Gasteiger partial charge in [-0.2, -0.15) is 13.2 Å². The molecule has 4 aromatic rings. The van der Waals surface area contributed by atoms with Gasteiger partial charge >= 0.3 is 6.18 Å². The lowest BCUT2D eigenvalue weighted by Gasteiger charge is -2.50. The Hall–Kier alpha value is -3.44. The van der Waals surface area contributed by atoms with Gasteiger partial charge in [-0.15, -0.1) is 0 Å². The number of alkyl halides is 3. The number of halogens is 4. The van der Waals surface area contributed by atoms with Crippen molar-refractivity contribution in [3.05, 3.63) is 136 Å². The first-order chi connectivity index (χ1) is 22.6. The van der Waals surface area contributed by atoms with Gasteiger partial charge in [0.25, 0.3) is 0 Å². The van der Waals surface area contributed by atoms with Crippen LogP contribution in [-0.4, -0.2) is 48.9 Å². The van der Waals surface area contributed by atoms with E-state index in [1.165, 1.54) is 12.1 Å². The first kappa shape index (κ1) is 33.5. The van der Waals surface area contributed by atoms with Gasteiger partial charge in [-0.1, -0.05) is 97.4 Å². The molecule has 0 spiro atoms. The van der Waals surface area contributed by atoms with E-state index < -0.39 is 36.4 Å². The molecule has 2 aliphatic rings. The van der Waals surface area contributed by atoms with Crippen molar-refractivity contribution in [1.82, 2.24) is 0 Å².